The van der Waals surface area contributed by atoms with Crippen LogP contribution in [0.25, 0.3) is 0 Å². The Bertz CT molecular complexity index is 1110. The largest absolute Gasteiger partial charge is 0.354 e. The van der Waals surface area contributed by atoms with E-state index in [2.05, 4.69) is 50.4 Å². The number of hydrogen-bond donors (Lipinski definition) is 1. The van der Waals surface area contributed by atoms with E-state index in [9.17, 15) is 9.59 Å². The average molecular weight is 505 g/mol. The Kier molecular flexibility index (Phi) is 10.6. The molecule has 0 fully saturated rings. The monoisotopic (exact) mass is 504 g/mol. The van der Waals surface area contributed by atoms with Gasteiger partial charge in [0.2, 0.25) is 11.8 Å². The normalized spacial score (nSPS) is 11.8. The first kappa shape index (κ1) is 27.5. The highest BCUT2D eigenvalue weighted by molar-refractivity contribution is 6.30. The van der Waals surface area contributed by atoms with Gasteiger partial charge < -0.3 is 10.2 Å². The molecule has 0 spiro atoms. The predicted molar refractivity (Wildman–Crippen MR) is 148 cm³/mol. The molecule has 0 aliphatic carbocycles. The van der Waals surface area contributed by atoms with E-state index in [4.69, 9.17) is 11.6 Å². The number of halogens is 1. The molecule has 0 aliphatic rings. The van der Waals surface area contributed by atoms with Crippen molar-refractivity contribution in [1.29, 1.82) is 0 Å². The minimum atomic E-state index is -0.625. The van der Waals surface area contributed by atoms with E-state index < -0.39 is 6.04 Å². The molecule has 0 saturated carbocycles. The molecule has 0 bridgehead atoms. The van der Waals surface area contributed by atoms with Crippen LogP contribution in [0.4, 0.5) is 0 Å². The molecule has 0 aromatic heterocycles. The minimum absolute atomic E-state index is 0.0461. The number of hydrogen-bond acceptors (Lipinski definition) is 2. The van der Waals surface area contributed by atoms with Gasteiger partial charge in [-0.15, -0.1) is 0 Å². The fraction of sp³-hybridized carbons (Fsp3) is 0.355. The number of amides is 2. The summed E-state index contributed by atoms with van der Waals surface area (Å²) in [6.45, 7) is 7.13. The Morgan fingerprint density at radius 2 is 1.53 bits per heavy atom. The molecule has 1 atom stereocenters. The van der Waals surface area contributed by atoms with Crippen LogP contribution in [0.3, 0.4) is 0 Å². The van der Waals surface area contributed by atoms with Crippen molar-refractivity contribution in [2.75, 3.05) is 6.54 Å². The van der Waals surface area contributed by atoms with Gasteiger partial charge in [-0.25, -0.2) is 0 Å². The number of nitrogens with zero attached hydrogens (tertiary/aromatic N) is 1. The van der Waals surface area contributed by atoms with Gasteiger partial charge in [-0.1, -0.05) is 99.1 Å². The number of rotatable bonds is 12. The second kappa shape index (κ2) is 13.8. The summed E-state index contributed by atoms with van der Waals surface area (Å²) < 4.78 is 0. The quantitative estimate of drug-likeness (QED) is 0.317. The van der Waals surface area contributed by atoms with E-state index in [1.54, 1.807) is 4.90 Å². The van der Waals surface area contributed by atoms with Gasteiger partial charge in [0.05, 0.1) is 0 Å². The van der Waals surface area contributed by atoms with Gasteiger partial charge in [-0.05, 0) is 53.1 Å². The molecule has 36 heavy (non-hydrogen) atoms. The Labute approximate surface area is 220 Å². The maximum atomic E-state index is 13.7. The van der Waals surface area contributed by atoms with Gasteiger partial charge in [-0.3, -0.25) is 9.59 Å². The smallest absolute Gasteiger partial charge is 0.243 e. The first-order valence-corrected chi connectivity index (χ1v) is 13.2. The maximum absolute atomic E-state index is 13.7. The topological polar surface area (TPSA) is 49.4 Å². The van der Waals surface area contributed by atoms with Crippen LogP contribution >= 0.6 is 11.6 Å². The van der Waals surface area contributed by atoms with E-state index in [1.165, 1.54) is 5.56 Å². The third-order valence-electron chi connectivity index (χ3n) is 6.26. The molecule has 4 nitrogen and oxygen atoms in total. The summed E-state index contributed by atoms with van der Waals surface area (Å²) in [5.74, 6) is 0.139. The van der Waals surface area contributed by atoms with Crippen molar-refractivity contribution in [3.8, 4) is 0 Å². The van der Waals surface area contributed by atoms with Crippen LogP contribution in [-0.2, 0) is 35.4 Å². The van der Waals surface area contributed by atoms with Gasteiger partial charge in [0.25, 0.3) is 0 Å². The van der Waals surface area contributed by atoms with E-state index in [0.29, 0.717) is 43.3 Å². The fourth-order valence-electron chi connectivity index (χ4n) is 4.15. The van der Waals surface area contributed by atoms with Gasteiger partial charge >= 0.3 is 0 Å². The van der Waals surface area contributed by atoms with E-state index in [-0.39, 0.29) is 11.8 Å². The zero-order valence-electron chi connectivity index (χ0n) is 21.5. The Balaban J connectivity index is 1.88. The van der Waals surface area contributed by atoms with Gasteiger partial charge in [0.1, 0.15) is 6.04 Å². The van der Waals surface area contributed by atoms with Gasteiger partial charge in [0.15, 0.2) is 0 Å². The fourth-order valence-corrected chi connectivity index (χ4v) is 4.36. The highest BCUT2D eigenvalue weighted by Crippen LogP contribution is 2.19. The summed E-state index contributed by atoms with van der Waals surface area (Å²) in [4.78, 5) is 28.9. The molecular formula is C31H37ClN2O2. The number of carbonyl (C=O) groups is 2. The zero-order valence-corrected chi connectivity index (χ0v) is 22.3. The molecular weight excluding hydrogens is 468 g/mol. The molecule has 0 saturated heterocycles. The molecule has 1 unspecified atom stereocenters. The first-order valence-electron chi connectivity index (χ1n) is 12.8. The predicted octanol–water partition coefficient (Wildman–Crippen LogP) is 6.25. The Morgan fingerprint density at radius 1 is 0.861 bits per heavy atom. The van der Waals surface area contributed by atoms with Crippen LogP contribution in [0.2, 0.25) is 5.02 Å². The summed E-state index contributed by atoms with van der Waals surface area (Å²) in [5, 5.41) is 3.67. The molecule has 0 radical (unpaired) electrons. The minimum Gasteiger partial charge on any atom is -0.354 e. The molecule has 5 heteroatoms. The van der Waals surface area contributed by atoms with Gasteiger partial charge in [-0.2, -0.15) is 0 Å². The van der Waals surface area contributed by atoms with Crippen molar-refractivity contribution in [2.45, 2.75) is 59.0 Å². The van der Waals surface area contributed by atoms with Crippen LogP contribution in [0.15, 0.2) is 78.9 Å². The van der Waals surface area contributed by atoms with Crippen LogP contribution in [0.1, 0.15) is 49.4 Å². The lowest BCUT2D eigenvalue weighted by atomic mass is 10.0. The second-order valence-electron chi connectivity index (χ2n) is 9.67. The number of carbonyl (C=O) groups excluding carboxylic acids is 2. The summed E-state index contributed by atoms with van der Waals surface area (Å²) in [5.41, 5.74) is 4.31. The standard InChI is InChI=1S/C31H37ClN2O2/c1-4-24-13-15-25(16-14-24)17-18-30(35)34(22-27-11-8-12-28(32)19-27)29(31(36)33-21-23(2)3)20-26-9-6-5-7-10-26/h5-16,19,23,29H,4,17-18,20-22H2,1-3H3,(H,33,36). The molecule has 2 amide bonds. The number of nitrogens with one attached hydrogen (secondary N) is 1. The van der Waals surface area contributed by atoms with Crippen LogP contribution in [0, 0.1) is 5.92 Å². The van der Waals surface area contributed by atoms with Crippen molar-refractivity contribution in [3.05, 3.63) is 106 Å². The molecule has 0 heterocycles. The van der Waals surface area contributed by atoms with Gasteiger partial charge in [0, 0.05) is 31.0 Å². The van der Waals surface area contributed by atoms with Crippen LogP contribution in [0.5, 0.6) is 0 Å². The van der Waals surface area contributed by atoms with Crippen molar-refractivity contribution in [3.63, 3.8) is 0 Å². The molecule has 3 aromatic carbocycles. The Hall–Kier alpha value is -3.11. The summed E-state index contributed by atoms with van der Waals surface area (Å²) in [7, 11) is 0. The Morgan fingerprint density at radius 3 is 2.17 bits per heavy atom. The molecule has 3 aromatic rings. The molecule has 1 N–H and O–H groups in total. The number of aryl methyl sites for hydroxylation is 2. The maximum Gasteiger partial charge on any atom is 0.243 e. The lowest BCUT2D eigenvalue weighted by Crippen LogP contribution is -2.51. The van der Waals surface area contributed by atoms with E-state index in [1.807, 2.05) is 54.6 Å². The lowest BCUT2D eigenvalue weighted by molar-refractivity contribution is -0.141. The number of benzene rings is 3. The second-order valence-corrected chi connectivity index (χ2v) is 10.1. The lowest BCUT2D eigenvalue weighted by Gasteiger charge is -2.32. The zero-order chi connectivity index (χ0) is 25.9. The van der Waals surface area contributed by atoms with Crippen LogP contribution < -0.4 is 5.32 Å². The van der Waals surface area contributed by atoms with E-state index >= 15 is 0 Å². The molecule has 0 aliphatic heterocycles. The highest BCUT2D eigenvalue weighted by Gasteiger charge is 2.30. The van der Waals surface area contributed by atoms with Crippen molar-refractivity contribution < 1.29 is 9.59 Å². The van der Waals surface area contributed by atoms with Crippen molar-refractivity contribution >= 4 is 23.4 Å². The third kappa shape index (κ3) is 8.53. The molecule has 3 rings (SSSR count). The average Bonchev–Trinajstić information content (AvgIpc) is 2.88. The summed E-state index contributed by atoms with van der Waals surface area (Å²) in [6.07, 6.45) is 2.39. The summed E-state index contributed by atoms with van der Waals surface area (Å²) in [6, 6.07) is 25.1. The van der Waals surface area contributed by atoms with Crippen molar-refractivity contribution in [1.82, 2.24) is 10.2 Å². The highest BCUT2D eigenvalue weighted by atomic mass is 35.5. The van der Waals surface area contributed by atoms with E-state index in [0.717, 1.165) is 23.1 Å². The SMILES string of the molecule is CCc1ccc(CCC(=O)N(Cc2cccc(Cl)c2)C(Cc2ccccc2)C(=O)NCC(C)C)cc1. The first-order chi connectivity index (χ1) is 17.4. The molecule has 190 valence electrons. The van der Waals surface area contributed by atoms with Crippen LogP contribution in [-0.4, -0.2) is 29.3 Å². The summed E-state index contributed by atoms with van der Waals surface area (Å²) >= 11 is 6.25. The van der Waals surface area contributed by atoms with Crippen molar-refractivity contribution in [2.24, 2.45) is 5.92 Å². The third-order valence-corrected chi connectivity index (χ3v) is 6.49.